The normalized spacial score (nSPS) is 22.1. The van der Waals surface area contributed by atoms with E-state index in [-0.39, 0.29) is 5.78 Å². The third-order valence-corrected chi connectivity index (χ3v) is 2.91. The van der Waals surface area contributed by atoms with E-state index in [4.69, 9.17) is 10.2 Å². The SMILES string of the molecule is NC[C@H]1CCCN1CC(=O)c1ccco1. The van der Waals surface area contributed by atoms with Gasteiger partial charge in [0.1, 0.15) is 0 Å². The predicted octanol–water partition coefficient (Wildman–Crippen LogP) is 0.885. The lowest BCUT2D eigenvalue weighted by Crippen LogP contribution is -2.38. The molecule has 0 aromatic carbocycles. The van der Waals surface area contributed by atoms with Gasteiger partial charge in [0.05, 0.1) is 12.8 Å². The molecular formula is C11H16N2O2. The third-order valence-electron chi connectivity index (χ3n) is 2.91. The lowest BCUT2D eigenvalue weighted by Gasteiger charge is -2.21. The van der Waals surface area contributed by atoms with E-state index in [0.29, 0.717) is 24.9 Å². The number of hydrogen-bond donors (Lipinski definition) is 1. The van der Waals surface area contributed by atoms with Gasteiger partial charge in [-0.05, 0) is 31.5 Å². The Morgan fingerprint density at radius 1 is 1.67 bits per heavy atom. The second-order valence-electron chi connectivity index (χ2n) is 3.90. The fraction of sp³-hybridized carbons (Fsp3) is 0.545. The lowest BCUT2D eigenvalue weighted by atomic mass is 10.2. The van der Waals surface area contributed by atoms with Crippen LogP contribution < -0.4 is 5.73 Å². The summed E-state index contributed by atoms with van der Waals surface area (Å²) in [7, 11) is 0. The number of rotatable bonds is 4. The first-order chi connectivity index (χ1) is 7.31. The third kappa shape index (κ3) is 2.27. The number of nitrogens with zero attached hydrogens (tertiary/aromatic N) is 1. The molecule has 0 spiro atoms. The molecule has 0 saturated carbocycles. The van der Waals surface area contributed by atoms with E-state index in [2.05, 4.69) is 4.90 Å². The molecule has 1 atom stereocenters. The molecule has 0 amide bonds. The van der Waals surface area contributed by atoms with Crippen LogP contribution in [-0.2, 0) is 0 Å². The van der Waals surface area contributed by atoms with Crippen molar-refractivity contribution in [3.8, 4) is 0 Å². The molecule has 0 aliphatic carbocycles. The van der Waals surface area contributed by atoms with Gasteiger partial charge in [-0.25, -0.2) is 0 Å². The van der Waals surface area contributed by atoms with Gasteiger partial charge in [0.15, 0.2) is 5.76 Å². The van der Waals surface area contributed by atoms with Gasteiger partial charge in [0.2, 0.25) is 5.78 Å². The summed E-state index contributed by atoms with van der Waals surface area (Å²) in [4.78, 5) is 13.9. The molecule has 1 aliphatic rings. The van der Waals surface area contributed by atoms with Gasteiger partial charge in [0.25, 0.3) is 0 Å². The molecule has 82 valence electrons. The second-order valence-corrected chi connectivity index (χ2v) is 3.90. The number of ketones is 1. The van der Waals surface area contributed by atoms with Crippen LogP contribution in [-0.4, -0.2) is 36.4 Å². The Hall–Kier alpha value is -1.13. The summed E-state index contributed by atoms with van der Waals surface area (Å²) in [6.07, 6.45) is 3.76. The van der Waals surface area contributed by atoms with Gasteiger partial charge >= 0.3 is 0 Å². The molecule has 4 nitrogen and oxygen atoms in total. The van der Waals surface area contributed by atoms with E-state index in [1.54, 1.807) is 12.1 Å². The topological polar surface area (TPSA) is 59.5 Å². The highest BCUT2D eigenvalue weighted by Gasteiger charge is 2.25. The smallest absolute Gasteiger partial charge is 0.211 e. The zero-order valence-electron chi connectivity index (χ0n) is 8.69. The first kappa shape index (κ1) is 10.4. The van der Waals surface area contributed by atoms with Crippen LogP contribution in [0.1, 0.15) is 23.4 Å². The van der Waals surface area contributed by atoms with Crippen molar-refractivity contribution in [2.75, 3.05) is 19.6 Å². The van der Waals surface area contributed by atoms with Crippen molar-refractivity contribution in [1.82, 2.24) is 4.90 Å². The van der Waals surface area contributed by atoms with Crippen LogP contribution in [0.2, 0.25) is 0 Å². The molecule has 1 aliphatic heterocycles. The number of Topliss-reactive ketones (excluding diaryl/α,β-unsaturated/α-hetero) is 1. The largest absolute Gasteiger partial charge is 0.461 e. The van der Waals surface area contributed by atoms with Gasteiger partial charge in [-0.3, -0.25) is 9.69 Å². The number of carbonyl (C=O) groups is 1. The Bertz CT molecular complexity index is 321. The molecule has 1 aromatic rings. The van der Waals surface area contributed by atoms with E-state index in [0.717, 1.165) is 19.4 Å². The summed E-state index contributed by atoms with van der Waals surface area (Å²) in [6.45, 7) is 2.02. The summed E-state index contributed by atoms with van der Waals surface area (Å²) in [5, 5.41) is 0. The molecule has 2 heterocycles. The Labute approximate surface area is 89.0 Å². The monoisotopic (exact) mass is 208 g/mol. The van der Waals surface area contributed by atoms with Crippen molar-refractivity contribution < 1.29 is 9.21 Å². The summed E-state index contributed by atoms with van der Waals surface area (Å²) in [6, 6.07) is 3.80. The number of likely N-dealkylation sites (tertiary alicyclic amines) is 1. The Kier molecular flexibility index (Phi) is 3.18. The highest BCUT2D eigenvalue weighted by atomic mass is 16.3. The lowest BCUT2D eigenvalue weighted by molar-refractivity contribution is 0.0896. The van der Waals surface area contributed by atoms with Crippen molar-refractivity contribution >= 4 is 5.78 Å². The summed E-state index contributed by atoms with van der Waals surface area (Å²) in [5.41, 5.74) is 5.64. The maximum atomic E-state index is 11.7. The fourth-order valence-corrected chi connectivity index (χ4v) is 2.07. The molecule has 1 aromatic heterocycles. The van der Waals surface area contributed by atoms with E-state index in [1.807, 2.05) is 0 Å². The minimum atomic E-state index is 0.0420. The molecule has 0 bridgehead atoms. The zero-order valence-corrected chi connectivity index (χ0v) is 8.69. The van der Waals surface area contributed by atoms with E-state index >= 15 is 0 Å². The quantitative estimate of drug-likeness (QED) is 0.746. The first-order valence-electron chi connectivity index (χ1n) is 5.32. The summed E-state index contributed by atoms with van der Waals surface area (Å²) in [5.74, 6) is 0.484. The Morgan fingerprint density at radius 3 is 3.20 bits per heavy atom. The van der Waals surface area contributed by atoms with Crippen LogP contribution in [0.15, 0.2) is 22.8 Å². The van der Waals surface area contributed by atoms with Crippen molar-refractivity contribution in [2.45, 2.75) is 18.9 Å². The molecule has 15 heavy (non-hydrogen) atoms. The molecule has 1 fully saturated rings. The summed E-state index contributed by atoms with van der Waals surface area (Å²) < 4.78 is 5.07. The average Bonchev–Trinajstić information content (AvgIpc) is 2.87. The summed E-state index contributed by atoms with van der Waals surface area (Å²) >= 11 is 0. The first-order valence-corrected chi connectivity index (χ1v) is 5.32. The standard InChI is InChI=1S/C11H16N2O2/c12-7-9-3-1-5-13(9)8-10(14)11-4-2-6-15-11/h2,4,6,9H,1,3,5,7-8,12H2/t9-/m1/s1. The molecular weight excluding hydrogens is 192 g/mol. The number of hydrogen-bond acceptors (Lipinski definition) is 4. The molecule has 2 N–H and O–H groups in total. The Morgan fingerprint density at radius 2 is 2.53 bits per heavy atom. The van der Waals surface area contributed by atoms with Crippen LogP contribution in [0.25, 0.3) is 0 Å². The molecule has 0 unspecified atom stereocenters. The van der Waals surface area contributed by atoms with Gasteiger partial charge in [-0.1, -0.05) is 0 Å². The number of nitrogens with two attached hydrogens (primary N) is 1. The van der Waals surface area contributed by atoms with Crippen LogP contribution in [0.4, 0.5) is 0 Å². The molecule has 1 saturated heterocycles. The molecule has 0 radical (unpaired) electrons. The van der Waals surface area contributed by atoms with Crippen LogP contribution in [0.5, 0.6) is 0 Å². The predicted molar refractivity (Wildman–Crippen MR) is 56.7 cm³/mol. The van der Waals surface area contributed by atoms with Crippen molar-refractivity contribution in [3.63, 3.8) is 0 Å². The second kappa shape index (κ2) is 4.59. The van der Waals surface area contributed by atoms with Crippen LogP contribution >= 0.6 is 0 Å². The van der Waals surface area contributed by atoms with E-state index < -0.39 is 0 Å². The van der Waals surface area contributed by atoms with Crippen LogP contribution in [0, 0.1) is 0 Å². The number of furan rings is 1. The Balaban J connectivity index is 1.94. The fourth-order valence-electron chi connectivity index (χ4n) is 2.07. The highest BCUT2D eigenvalue weighted by molar-refractivity contribution is 5.95. The molecule has 2 rings (SSSR count). The van der Waals surface area contributed by atoms with Crippen molar-refractivity contribution in [1.29, 1.82) is 0 Å². The van der Waals surface area contributed by atoms with Crippen LogP contribution in [0.3, 0.4) is 0 Å². The van der Waals surface area contributed by atoms with E-state index in [9.17, 15) is 4.79 Å². The van der Waals surface area contributed by atoms with Gasteiger partial charge in [0, 0.05) is 12.6 Å². The van der Waals surface area contributed by atoms with Crippen molar-refractivity contribution in [2.24, 2.45) is 5.73 Å². The number of carbonyl (C=O) groups excluding carboxylic acids is 1. The zero-order chi connectivity index (χ0) is 10.7. The van der Waals surface area contributed by atoms with Gasteiger partial charge in [-0.15, -0.1) is 0 Å². The van der Waals surface area contributed by atoms with Crippen molar-refractivity contribution in [3.05, 3.63) is 24.2 Å². The highest BCUT2D eigenvalue weighted by Crippen LogP contribution is 2.16. The van der Waals surface area contributed by atoms with Gasteiger partial charge in [-0.2, -0.15) is 0 Å². The maximum absolute atomic E-state index is 11.7. The average molecular weight is 208 g/mol. The maximum Gasteiger partial charge on any atom is 0.211 e. The minimum Gasteiger partial charge on any atom is -0.461 e. The van der Waals surface area contributed by atoms with Gasteiger partial charge < -0.3 is 10.2 Å². The minimum absolute atomic E-state index is 0.0420. The molecule has 4 heteroatoms. The van der Waals surface area contributed by atoms with E-state index in [1.165, 1.54) is 6.26 Å².